The number of ether oxygens (including phenoxy) is 1. The number of nitrogens with two attached hydrogens (primary N) is 1. The van der Waals surface area contributed by atoms with Crippen LogP contribution in [0.2, 0.25) is 0 Å². The van der Waals surface area contributed by atoms with Gasteiger partial charge >= 0.3 is 5.97 Å². The fourth-order valence-corrected chi connectivity index (χ4v) is 3.51. The Morgan fingerprint density at radius 2 is 1.94 bits per heavy atom. The molecule has 4 unspecified atom stereocenters. The van der Waals surface area contributed by atoms with Gasteiger partial charge in [0.15, 0.2) is 0 Å². The Morgan fingerprint density at radius 3 is 2.56 bits per heavy atom. The van der Waals surface area contributed by atoms with E-state index >= 15 is 0 Å². The van der Waals surface area contributed by atoms with Gasteiger partial charge in [-0.25, -0.2) is 0 Å². The molecule has 90 valence electrons. The average molecular weight is 223 g/mol. The van der Waals surface area contributed by atoms with Gasteiger partial charge in [-0.2, -0.15) is 0 Å². The summed E-state index contributed by atoms with van der Waals surface area (Å²) in [5.41, 5.74) is 6.11. The van der Waals surface area contributed by atoms with E-state index in [9.17, 15) is 4.79 Å². The molecule has 0 aliphatic heterocycles. The van der Waals surface area contributed by atoms with Crippen molar-refractivity contribution in [1.82, 2.24) is 0 Å². The first-order chi connectivity index (χ1) is 7.75. The maximum absolute atomic E-state index is 11.9. The third-order valence-electron chi connectivity index (χ3n) is 4.72. The summed E-state index contributed by atoms with van der Waals surface area (Å²) in [4.78, 5) is 11.9. The maximum Gasteiger partial charge on any atom is 0.310 e. The molecule has 0 radical (unpaired) electrons. The fraction of sp³-hybridized carbons (Fsp3) is 0.923. The summed E-state index contributed by atoms with van der Waals surface area (Å²) in [7, 11) is 0. The predicted molar refractivity (Wildman–Crippen MR) is 60.6 cm³/mol. The minimum Gasteiger partial charge on any atom is -0.465 e. The third kappa shape index (κ3) is 1.86. The minimum absolute atomic E-state index is 0.0120. The number of carbonyl (C=O) groups excluding carboxylic acids is 1. The lowest BCUT2D eigenvalue weighted by atomic mass is 9.85. The summed E-state index contributed by atoms with van der Waals surface area (Å²) in [6.45, 7) is 0.615. The average Bonchev–Trinajstić information content (AvgIpc) is 2.87. The van der Waals surface area contributed by atoms with Crippen molar-refractivity contribution in [1.29, 1.82) is 0 Å². The van der Waals surface area contributed by atoms with Crippen LogP contribution in [-0.2, 0) is 9.53 Å². The molecule has 3 heteroatoms. The molecule has 0 aromatic carbocycles. The highest BCUT2D eigenvalue weighted by Crippen LogP contribution is 2.48. The highest BCUT2D eigenvalue weighted by molar-refractivity contribution is 5.74. The Morgan fingerprint density at radius 1 is 1.19 bits per heavy atom. The van der Waals surface area contributed by atoms with Crippen LogP contribution in [0.3, 0.4) is 0 Å². The molecule has 0 aromatic rings. The zero-order valence-electron chi connectivity index (χ0n) is 9.73. The van der Waals surface area contributed by atoms with E-state index in [-0.39, 0.29) is 17.9 Å². The molecule has 16 heavy (non-hydrogen) atoms. The van der Waals surface area contributed by atoms with Crippen molar-refractivity contribution in [3.63, 3.8) is 0 Å². The quantitative estimate of drug-likeness (QED) is 0.738. The number of rotatable bonds is 4. The molecule has 4 atom stereocenters. The third-order valence-corrected chi connectivity index (χ3v) is 4.72. The first-order valence-corrected chi connectivity index (χ1v) is 6.68. The molecule has 3 saturated carbocycles. The van der Waals surface area contributed by atoms with Crippen LogP contribution in [0.4, 0.5) is 0 Å². The summed E-state index contributed by atoms with van der Waals surface area (Å²) < 4.78 is 5.38. The van der Waals surface area contributed by atoms with Crippen molar-refractivity contribution in [2.75, 3.05) is 6.61 Å². The van der Waals surface area contributed by atoms with E-state index in [4.69, 9.17) is 10.5 Å². The van der Waals surface area contributed by atoms with Gasteiger partial charge in [0.2, 0.25) is 0 Å². The van der Waals surface area contributed by atoms with E-state index in [1.807, 2.05) is 0 Å². The number of carbonyl (C=O) groups is 1. The summed E-state index contributed by atoms with van der Waals surface area (Å²) in [5.74, 6) is 1.94. The van der Waals surface area contributed by atoms with E-state index in [0.717, 1.165) is 18.8 Å². The summed E-state index contributed by atoms with van der Waals surface area (Å²) >= 11 is 0. The minimum atomic E-state index is -0.0136. The van der Waals surface area contributed by atoms with Crippen molar-refractivity contribution >= 4 is 5.97 Å². The monoisotopic (exact) mass is 223 g/mol. The van der Waals surface area contributed by atoms with Crippen molar-refractivity contribution in [3.05, 3.63) is 0 Å². The first kappa shape index (κ1) is 10.6. The van der Waals surface area contributed by atoms with Gasteiger partial charge in [-0.15, -0.1) is 0 Å². The van der Waals surface area contributed by atoms with Crippen LogP contribution in [0.15, 0.2) is 0 Å². The van der Waals surface area contributed by atoms with Crippen LogP contribution in [0.5, 0.6) is 0 Å². The van der Waals surface area contributed by atoms with Gasteiger partial charge in [-0.3, -0.25) is 4.79 Å². The standard InChI is InChI=1S/C13H21NO2/c14-12-10-4-3-9(7-10)11(12)13(15)16-6-5-8-1-2-8/h8-12H,1-7,14H2. The van der Waals surface area contributed by atoms with E-state index in [2.05, 4.69) is 0 Å². The largest absolute Gasteiger partial charge is 0.465 e. The molecule has 3 fully saturated rings. The van der Waals surface area contributed by atoms with Gasteiger partial charge < -0.3 is 10.5 Å². The van der Waals surface area contributed by atoms with Gasteiger partial charge in [-0.05, 0) is 43.4 Å². The number of esters is 1. The molecule has 0 spiro atoms. The molecule has 0 saturated heterocycles. The molecule has 2 bridgehead atoms. The Kier molecular flexibility index (Phi) is 2.66. The topological polar surface area (TPSA) is 52.3 Å². The smallest absolute Gasteiger partial charge is 0.310 e. The normalized spacial score (nSPS) is 41.3. The lowest BCUT2D eigenvalue weighted by Gasteiger charge is -2.26. The SMILES string of the molecule is NC1C2CCC(C2)C1C(=O)OCCC1CC1. The summed E-state index contributed by atoms with van der Waals surface area (Å²) in [6.07, 6.45) is 7.26. The van der Waals surface area contributed by atoms with E-state index < -0.39 is 0 Å². The lowest BCUT2D eigenvalue weighted by Crippen LogP contribution is -2.41. The van der Waals surface area contributed by atoms with Crippen molar-refractivity contribution in [2.45, 2.75) is 44.6 Å². The van der Waals surface area contributed by atoms with E-state index in [1.54, 1.807) is 0 Å². The molecule has 3 aliphatic carbocycles. The van der Waals surface area contributed by atoms with E-state index in [0.29, 0.717) is 18.4 Å². The highest BCUT2D eigenvalue weighted by Gasteiger charge is 2.49. The Bertz CT molecular complexity index is 286. The van der Waals surface area contributed by atoms with E-state index in [1.165, 1.54) is 25.7 Å². The van der Waals surface area contributed by atoms with Gasteiger partial charge in [-0.1, -0.05) is 12.8 Å². The summed E-state index contributed by atoms with van der Waals surface area (Å²) in [5, 5.41) is 0. The Hall–Kier alpha value is -0.570. The molecule has 3 aliphatic rings. The van der Waals surface area contributed by atoms with Gasteiger partial charge in [0.25, 0.3) is 0 Å². The van der Waals surface area contributed by atoms with Crippen LogP contribution in [0, 0.1) is 23.7 Å². The van der Waals surface area contributed by atoms with Crippen LogP contribution >= 0.6 is 0 Å². The first-order valence-electron chi connectivity index (χ1n) is 6.68. The molecule has 3 rings (SSSR count). The van der Waals surface area contributed by atoms with Gasteiger partial charge in [0.1, 0.15) is 0 Å². The fourth-order valence-electron chi connectivity index (χ4n) is 3.51. The molecule has 0 amide bonds. The zero-order chi connectivity index (χ0) is 11.1. The number of fused-ring (bicyclic) bond motifs is 2. The molecule has 0 aromatic heterocycles. The second kappa shape index (κ2) is 4.02. The van der Waals surface area contributed by atoms with Crippen molar-refractivity contribution in [3.8, 4) is 0 Å². The molecule has 3 nitrogen and oxygen atoms in total. The second-order valence-corrected chi connectivity index (χ2v) is 5.84. The predicted octanol–water partition coefficient (Wildman–Crippen LogP) is 1.70. The molecule has 2 N–H and O–H groups in total. The Balaban J connectivity index is 1.49. The highest BCUT2D eigenvalue weighted by atomic mass is 16.5. The van der Waals surface area contributed by atoms with Crippen molar-refractivity contribution < 1.29 is 9.53 Å². The Labute approximate surface area is 96.7 Å². The van der Waals surface area contributed by atoms with Crippen molar-refractivity contribution in [2.24, 2.45) is 29.4 Å². The van der Waals surface area contributed by atoms with Crippen LogP contribution < -0.4 is 5.73 Å². The molecular weight excluding hydrogens is 202 g/mol. The van der Waals surface area contributed by atoms with Gasteiger partial charge in [0, 0.05) is 6.04 Å². The zero-order valence-corrected chi connectivity index (χ0v) is 9.73. The maximum atomic E-state index is 11.9. The van der Waals surface area contributed by atoms with Crippen LogP contribution in [0.1, 0.15) is 38.5 Å². The second-order valence-electron chi connectivity index (χ2n) is 5.84. The van der Waals surface area contributed by atoms with Gasteiger partial charge in [0.05, 0.1) is 12.5 Å². The number of hydrogen-bond acceptors (Lipinski definition) is 3. The number of hydrogen-bond donors (Lipinski definition) is 1. The molecular formula is C13H21NO2. The lowest BCUT2D eigenvalue weighted by molar-refractivity contribution is -0.151. The molecule has 0 heterocycles. The summed E-state index contributed by atoms with van der Waals surface area (Å²) in [6, 6.07) is 0.0761. The van der Waals surface area contributed by atoms with Crippen LogP contribution in [-0.4, -0.2) is 18.6 Å². The van der Waals surface area contributed by atoms with Crippen LogP contribution in [0.25, 0.3) is 0 Å².